The van der Waals surface area contributed by atoms with Crippen molar-refractivity contribution in [2.24, 2.45) is 5.73 Å². The lowest BCUT2D eigenvalue weighted by Gasteiger charge is -2.27. The third kappa shape index (κ3) is 12.3. The van der Waals surface area contributed by atoms with Gasteiger partial charge in [-0.25, -0.2) is 4.79 Å². The number of rotatable bonds is 18. The highest BCUT2D eigenvalue weighted by molar-refractivity contribution is 6.25. The van der Waals surface area contributed by atoms with Crippen LogP contribution in [-0.2, 0) is 33.4 Å². The minimum Gasteiger partial charge on any atom is -0.475 e. The van der Waals surface area contributed by atoms with Crippen molar-refractivity contribution < 1.29 is 61.3 Å². The van der Waals surface area contributed by atoms with Crippen LogP contribution in [0, 0.1) is 0 Å². The summed E-state index contributed by atoms with van der Waals surface area (Å²) in [4.78, 5) is 71.4. The molecule has 6 N–H and O–H groups in total. The molecule has 0 bridgehead atoms. The molecule has 3 rings (SSSR count). The number of carboxylic acid groups (broad SMARTS) is 1. The number of alkyl halides is 3. The normalized spacial score (nSPS) is 16.0. The summed E-state index contributed by atoms with van der Waals surface area (Å²) in [6.45, 7) is 3.65. The molecule has 1 aromatic carbocycles. The Labute approximate surface area is 262 Å². The van der Waals surface area contributed by atoms with E-state index in [-0.39, 0.29) is 36.5 Å². The highest BCUT2D eigenvalue weighted by Gasteiger charge is 2.45. The molecule has 1 unspecified atom stereocenters. The maximum Gasteiger partial charge on any atom is 0.490 e. The summed E-state index contributed by atoms with van der Waals surface area (Å²) < 4.78 is 47.5. The van der Waals surface area contributed by atoms with Crippen LogP contribution in [0.5, 0.6) is 0 Å². The van der Waals surface area contributed by atoms with E-state index in [0.29, 0.717) is 58.4 Å². The average Bonchev–Trinajstić information content (AvgIpc) is 3.25. The zero-order chi connectivity index (χ0) is 34.1. The molecule has 2 heterocycles. The Balaban J connectivity index is 0.000000942. The van der Waals surface area contributed by atoms with Gasteiger partial charge in [-0.3, -0.25) is 34.2 Å². The molecule has 1 aromatic rings. The van der Waals surface area contributed by atoms with Gasteiger partial charge in [0.15, 0.2) is 0 Å². The molecule has 0 saturated carbocycles. The molecule has 15 nitrogen and oxygen atoms in total. The smallest absolute Gasteiger partial charge is 0.475 e. The van der Waals surface area contributed by atoms with E-state index in [9.17, 15) is 37.1 Å². The van der Waals surface area contributed by atoms with Crippen LogP contribution in [0.3, 0.4) is 0 Å². The number of piperidine rings is 1. The minimum atomic E-state index is -5.08. The van der Waals surface area contributed by atoms with Crippen LogP contribution >= 0.6 is 0 Å². The number of aliphatic carboxylic acids is 1. The van der Waals surface area contributed by atoms with Gasteiger partial charge in [0, 0.05) is 31.7 Å². The van der Waals surface area contributed by atoms with Gasteiger partial charge in [0.1, 0.15) is 12.6 Å². The third-order valence-electron chi connectivity index (χ3n) is 6.44. The summed E-state index contributed by atoms with van der Waals surface area (Å²) in [6, 6.07) is 3.97. The molecule has 0 aliphatic carbocycles. The van der Waals surface area contributed by atoms with Gasteiger partial charge in [-0.15, -0.1) is 0 Å². The number of nitrogens with two attached hydrogens (primary N) is 1. The molecule has 46 heavy (non-hydrogen) atoms. The largest absolute Gasteiger partial charge is 0.490 e. The first kappa shape index (κ1) is 38.1. The number of halogens is 3. The first-order chi connectivity index (χ1) is 21.9. The standard InChI is InChI=1S/C26H37N5O8.C2HF3O2/c27-9-12-37-13-14-38-15-16-39-17-22(33)29-11-3-1-2-10-28-19-6-4-5-18-23(19)26(36)31(25(18)35)20-7-8-21(32)30-24(20)34;3-2(4,5)1(6)7/h4-6,20,28H,1-3,7-17,27H2,(H,29,33)(H,30,32,34);(H,6,7). The Hall–Kier alpha value is -4.13. The number of unbranched alkanes of at least 4 members (excludes halogenated alkanes) is 2. The average molecular weight is 662 g/mol. The third-order valence-corrected chi connectivity index (χ3v) is 6.44. The van der Waals surface area contributed by atoms with Crippen molar-refractivity contribution in [3.8, 4) is 0 Å². The monoisotopic (exact) mass is 661 g/mol. The molecular formula is C28H38F3N5O10. The Morgan fingerprint density at radius 1 is 0.957 bits per heavy atom. The summed E-state index contributed by atoms with van der Waals surface area (Å²) in [6.07, 6.45) is -2.52. The summed E-state index contributed by atoms with van der Waals surface area (Å²) >= 11 is 0. The fourth-order valence-corrected chi connectivity index (χ4v) is 4.28. The maximum atomic E-state index is 13.1. The van der Waals surface area contributed by atoms with Crippen molar-refractivity contribution >= 4 is 41.2 Å². The van der Waals surface area contributed by atoms with Crippen LogP contribution < -0.4 is 21.7 Å². The van der Waals surface area contributed by atoms with Gasteiger partial charge < -0.3 is 35.7 Å². The van der Waals surface area contributed by atoms with Crippen molar-refractivity contribution in [3.05, 3.63) is 29.3 Å². The lowest BCUT2D eigenvalue weighted by molar-refractivity contribution is -0.192. The molecule has 0 aromatic heterocycles. The summed E-state index contributed by atoms with van der Waals surface area (Å²) in [5.74, 6) is -5.07. The van der Waals surface area contributed by atoms with Crippen molar-refractivity contribution in [2.45, 2.75) is 44.3 Å². The van der Waals surface area contributed by atoms with E-state index in [1.807, 2.05) is 0 Å². The van der Waals surface area contributed by atoms with Gasteiger partial charge in [-0.05, 0) is 37.8 Å². The van der Waals surface area contributed by atoms with Gasteiger partial charge >= 0.3 is 12.1 Å². The second kappa shape index (κ2) is 19.4. The molecule has 2 aliphatic rings. The molecule has 2 aliphatic heterocycles. The molecule has 0 spiro atoms. The fourth-order valence-electron chi connectivity index (χ4n) is 4.28. The molecule has 1 saturated heterocycles. The first-order valence-electron chi connectivity index (χ1n) is 14.5. The Bertz CT molecular complexity index is 1230. The predicted molar refractivity (Wildman–Crippen MR) is 154 cm³/mol. The fraction of sp³-hybridized carbons (Fsp3) is 0.571. The lowest BCUT2D eigenvalue weighted by atomic mass is 10.0. The lowest BCUT2D eigenvalue weighted by Crippen LogP contribution is -2.54. The molecule has 1 fully saturated rings. The van der Waals surface area contributed by atoms with Crippen molar-refractivity contribution in [1.82, 2.24) is 15.5 Å². The van der Waals surface area contributed by atoms with Gasteiger partial charge in [0.2, 0.25) is 17.7 Å². The highest BCUT2D eigenvalue weighted by atomic mass is 19.4. The second-order valence-electron chi connectivity index (χ2n) is 9.88. The van der Waals surface area contributed by atoms with Gasteiger partial charge in [-0.2, -0.15) is 13.2 Å². The first-order valence-corrected chi connectivity index (χ1v) is 14.5. The van der Waals surface area contributed by atoms with Crippen LogP contribution in [0.4, 0.5) is 18.9 Å². The zero-order valence-electron chi connectivity index (χ0n) is 25.0. The number of imide groups is 2. The number of carboxylic acids is 1. The molecule has 5 amide bonds. The Kier molecular flexibility index (Phi) is 16.0. The van der Waals surface area contributed by atoms with Crippen molar-refractivity contribution in [3.63, 3.8) is 0 Å². The van der Waals surface area contributed by atoms with Crippen LogP contribution in [0.15, 0.2) is 18.2 Å². The molecule has 1 atom stereocenters. The van der Waals surface area contributed by atoms with Gasteiger partial charge in [-0.1, -0.05) is 6.07 Å². The highest BCUT2D eigenvalue weighted by Crippen LogP contribution is 2.32. The minimum absolute atomic E-state index is 0.0315. The SMILES string of the molecule is NCCOCCOCCOCC(=O)NCCCCCNc1cccc2c1C(=O)N(C1CCC(=O)NC1=O)C2=O.O=C(O)C(F)(F)F. The number of hydrogen-bond donors (Lipinski definition) is 5. The quantitative estimate of drug-likeness (QED) is 0.107. The van der Waals surface area contributed by atoms with Crippen LogP contribution in [0.25, 0.3) is 0 Å². The number of hydrogen-bond acceptors (Lipinski definition) is 11. The number of carbonyl (C=O) groups is 6. The number of amides is 5. The number of fused-ring (bicyclic) bond motifs is 1. The predicted octanol–water partition coefficient (Wildman–Crippen LogP) is 0.428. The van der Waals surface area contributed by atoms with E-state index in [1.165, 1.54) is 0 Å². The van der Waals surface area contributed by atoms with Crippen molar-refractivity contribution in [2.75, 3.05) is 64.6 Å². The van der Waals surface area contributed by atoms with E-state index in [1.54, 1.807) is 18.2 Å². The summed E-state index contributed by atoms with van der Waals surface area (Å²) in [7, 11) is 0. The van der Waals surface area contributed by atoms with E-state index >= 15 is 0 Å². The molecule has 18 heteroatoms. The zero-order valence-corrected chi connectivity index (χ0v) is 25.0. The van der Waals surface area contributed by atoms with E-state index < -0.39 is 41.8 Å². The number of ether oxygens (including phenoxy) is 3. The number of carbonyl (C=O) groups excluding carboxylic acids is 5. The van der Waals surface area contributed by atoms with Crippen LogP contribution in [0.1, 0.15) is 52.8 Å². The number of nitrogens with one attached hydrogen (secondary N) is 3. The number of benzene rings is 1. The molecular weight excluding hydrogens is 623 g/mol. The van der Waals surface area contributed by atoms with Crippen LogP contribution in [-0.4, -0.2) is 117 Å². The van der Waals surface area contributed by atoms with Crippen molar-refractivity contribution in [1.29, 1.82) is 0 Å². The Morgan fingerprint density at radius 2 is 1.59 bits per heavy atom. The Morgan fingerprint density at radius 3 is 2.22 bits per heavy atom. The van der Waals surface area contributed by atoms with E-state index in [0.717, 1.165) is 24.2 Å². The second-order valence-corrected chi connectivity index (χ2v) is 9.88. The van der Waals surface area contributed by atoms with E-state index in [2.05, 4.69) is 16.0 Å². The summed E-state index contributed by atoms with van der Waals surface area (Å²) in [5, 5.41) is 15.3. The molecule has 0 radical (unpaired) electrons. The number of anilines is 1. The van der Waals surface area contributed by atoms with Gasteiger partial charge in [0.05, 0.1) is 44.2 Å². The maximum absolute atomic E-state index is 13.1. The van der Waals surface area contributed by atoms with E-state index in [4.69, 9.17) is 29.8 Å². The summed E-state index contributed by atoms with van der Waals surface area (Å²) in [5.41, 5.74) is 6.32. The number of nitrogens with zero attached hydrogens (tertiary/aromatic N) is 1. The van der Waals surface area contributed by atoms with Gasteiger partial charge in [0.25, 0.3) is 11.8 Å². The molecule has 256 valence electrons. The topological polar surface area (TPSA) is 216 Å². The van der Waals surface area contributed by atoms with Crippen LogP contribution in [0.2, 0.25) is 0 Å².